The second-order valence-electron chi connectivity index (χ2n) is 4.96. The first-order chi connectivity index (χ1) is 11.1. The van der Waals surface area contributed by atoms with E-state index >= 15 is 0 Å². The standard InChI is InChI=1S/C15H13ClN4O3/c16-14-2-1-12(8-18-14)9-19-5-4-17-15(19)13(20(21)22)7-11-3-6-23-10-11/h1-3,6-8,10H,4-5,9H2/b13-7-. The number of halogens is 1. The molecule has 1 aliphatic heterocycles. The highest BCUT2D eigenvalue weighted by Crippen LogP contribution is 2.18. The van der Waals surface area contributed by atoms with E-state index in [9.17, 15) is 10.1 Å². The van der Waals surface area contributed by atoms with E-state index < -0.39 is 4.92 Å². The Bertz CT molecular complexity index is 754. The van der Waals surface area contributed by atoms with E-state index in [2.05, 4.69) is 9.98 Å². The lowest BCUT2D eigenvalue weighted by molar-refractivity contribution is -0.414. The largest absolute Gasteiger partial charge is 0.472 e. The molecule has 3 heterocycles. The van der Waals surface area contributed by atoms with Gasteiger partial charge in [0.1, 0.15) is 5.15 Å². The molecule has 0 bridgehead atoms. The van der Waals surface area contributed by atoms with Crippen LogP contribution in [-0.4, -0.2) is 33.7 Å². The molecule has 0 amide bonds. The fourth-order valence-electron chi connectivity index (χ4n) is 2.31. The first-order valence-corrected chi connectivity index (χ1v) is 7.30. The fourth-order valence-corrected chi connectivity index (χ4v) is 2.43. The Morgan fingerprint density at radius 3 is 3.00 bits per heavy atom. The first kappa shape index (κ1) is 15.2. The lowest BCUT2D eigenvalue weighted by atomic mass is 10.2. The average Bonchev–Trinajstić information content (AvgIpc) is 3.18. The molecule has 0 saturated heterocycles. The minimum absolute atomic E-state index is 0.0502. The van der Waals surface area contributed by atoms with E-state index in [1.54, 1.807) is 18.3 Å². The molecular formula is C15H13ClN4O3. The van der Waals surface area contributed by atoms with E-state index in [0.717, 1.165) is 5.56 Å². The third kappa shape index (κ3) is 3.57. The van der Waals surface area contributed by atoms with Crippen LogP contribution in [0.5, 0.6) is 0 Å². The predicted molar refractivity (Wildman–Crippen MR) is 85.6 cm³/mol. The van der Waals surface area contributed by atoms with Gasteiger partial charge >= 0.3 is 5.70 Å². The van der Waals surface area contributed by atoms with Gasteiger partial charge in [0.2, 0.25) is 5.84 Å². The van der Waals surface area contributed by atoms with Crippen molar-refractivity contribution < 1.29 is 9.34 Å². The highest BCUT2D eigenvalue weighted by atomic mass is 35.5. The molecule has 2 aromatic heterocycles. The van der Waals surface area contributed by atoms with Gasteiger partial charge in [-0.3, -0.25) is 15.1 Å². The summed E-state index contributed by atoms with van der Waals surface area (Å²) in [7, 11) is 0. The minimum Gasteiger partial charge on any atom is -0.472 e. The molecule has 7 nitrogen and oxygen atoms in total. The van der Waals surface area contributed by atoms with Gasteiger partial charge in [0.05, 0.1) is 24.0 Å². The van der Waals surface area contributed by atoms with E-state index in [1.807, 2.05) is 11.0 Å². The molecule has 0 aliphatic carbocycles. The Labute approximate surface area is 137 Å². The molecule has 0 aromatic carbocycles. The molecule has 0 unspecified atom stereocenters. The zero-order valence-corrected chi connectivity index (χ0v) is 12.8. The second-order valence-corrected chi connectivity index (χ2v) is 5.35. The Kier molecular flexibility index (Phi) is 4.38. The number of nitrogens with zero attached hydrogens (tertiary/aromatic N) is 4. The van der Waals surface area contributed by atoms with Gasteiger partial charge in [-0.1, -0.05) is 17.7 Å². The third-order valence-electron chi connectivity index (χ3n) is 3.37. The third-order valence-corrected chi connectivity index (χ3v) is 3.59. The van der Waals surface area contributed by atoms with Crippen molar-refractivity contribution in [1.82, 2.24) is 9.88 Å². The van der Waals surface area contributed by atoms with Crippen molar-refractivity contribution in [3.63, 3.8) is 0 Å². The number of pyridine rings is 1. The normalized spacial score (nSPS) is 14.9. The van der Waals surface area contributed by atoms with Gasteiger partial charge in [0.25, 0.3) is 0 Å². The van der Waals surface area contributed by atoms with Crippen molar-refractivity contribution in [1.29, 1.82) is 0 Å². The van der Waals surface area contributed by atoms with E-state index in [-0.39, 0.29) is 5.70 Å². The number of nitro groups is 1. The van der Waals surface area contributed by atoms with Crippen LogP contribution in [0.3, 0.4) is 0 Å². The maximum atomic E-state index is 11.4. The highest BCUT2D eigenvalue weighted by molar-refractivity contribution is 6.29. The van der Waals surface area contributed by atoms with Gasteiger partial charge in [0.15, 0.2) is 0 Å². The number of rotatable bonds is 5. The summed E-state index contributed by atoms with van der Waals surface area (Å²) in [6.07, 6.45) is 6.04. The quantitative estimate of drug-likeness (QED) is 0.477. The predicted octanol–water partition coefficient (Wildman–Crippen LogP) is 2.86. The van der Waals surface area contributed by atoms with Crippen LogP contribution in [0.25, 0.3) is 6.08 Å². The number of aromatic nitrogens is 1. The van der Waals surface area contributed by atoms with Crippen molar-refractivity contribution in [2.75, 3.05) is 13.1 Å². The molecule has 118 valence electrons. The molecular weight excluding hydrogens is 320 g/mol. The monoisotopic (exact) mass is 332 g/mol. The zero-order valence-electron chi connectivity index (χ0n) is 12.1. The lowest BCUT2D eigenvalue weighted by Crippen LogP contribution is -2.30. The van der Waals surface area contributed by atoms with Crippen molar-refractivity contribution in [2.24, 2.45) is 4.99 Å². The van der Waals surface area contributed by atoms with Gasteiger partial charge in [-0.05, 0) is 17.7 Å². The Hall–Kier alpha value is -2.67. The maximum Gasteiger partial charge on any atom is 0.311 e. The molecule has 0 saturated carbocycles. The zero-order chi connectivity index (χ0) is 16.2. The summed E-state index contributed by atoms with van der Waals surface area (Å²) >= 11 is 5.77. The van der Waals surface area contributed by atoms with Crippen molar-refractivity contribution in [3.8, 4) is 0 Å². The molecule has 0 atom stereocenters. The molecule has 0 N–H and O–H groups in total. The molecule has 0 fully saturated rings. The summed E-state index contributed by atoms with van der Waals surface area (Å²) in [5.41, 5.74) is 1.49. The Morgan fingerprint density at radius 2 is 2.35 bits per heavy atom. The van der Waals surface area contributed by atoms with Crippen LogP contribution in [0.15, 0.2) is 52.0 Å². The van der Waals surface area contributed by atoms with Gasteiger partial charge in [-0.15, -0.1) is 0 Å². The van der Waals surface area contributed by atoms with Gasteiger partial charge in [0, 0.05) is 30.9 Å². The second kappa shape index (κ2) is 6.62. The lowest BCUT2D eigenvalue weighted by Gasteiger charge is -2.18. The van der Waals surface area contributed by atoms with E-state index in [4.69, 9.17) is 16.0 Å². The van der Waals surface area contributed by atoms with Crippen LogP contribution >= 0.6 is 11.6 Å². The fraction of sp³-hybridized carbons (Fsp3) is 0.200. The SMILES string of the molecule is O=[N+]([O-])/C(=C\c1ccoc1)C1=NCCN1Cc1ccc(Cl)nc1. The number of aliphatic imine (C=N–C) groups is 1. The Balaban J connectivity index is 1.84. The van der Waals surface area contributed by atoms with E-state index in [1.165, 1.54) is 18.6 Å². The van der Waals surface area contributed by atoms with Crippen LogP contribution in [0.1, 0.15) is 11.1 Å². The molecule has 1 aliphatic rings. The number of hydrogen-bond acceptors (Lipinski definition) is 6. The van der Waals surface area contributed by atoms with Crippen LogP contribution in [0, 0.1) is 10.1 Å². The summed E-state index contributed by atoms with van der Waals surface area (Å²) in [5, 5.41) is 11.8. The topological polar surface area (TPSA) is 84.8 Å². The maximum absolute atomic E-state index is 11.4. The Morgan fingerprint density at radius 1 is 1.48 bits per heavy atom. The average molecular weight is 333 g/mol. The van der Waals surface area contributed by atoms with Crippen molar-refractivity contribution in [2.45, 2.75) is 6.54 Å². The molecule has 0 spiro atoms. The summed E-state index contributed by atoms with van der Waals surface area (Å²) < 4.78 is 4.95. The summed E-state index contributed by atoms with van der Waals surface area (Å²) in [6.45, 7) is 1.63. The smallest absolute Gasteiger partial charge is 0.311 e. The van der Waals surface area contributed by atoms with Crippen LogP contribution < -0.4 is 0 Å². The number of hydrogen-bond donors (Lipinski definition) is 0. The summed E-state index contributed by atoms with van der Waals surface area (Å²) in [6, 6.07) is 5.20. The first-order valence-electron chi connectivity index (χ1n) is 6.92. The van der Waals surface area contributed by atoms with Gasteiger partial charge in [-0.2, -0.15) is 0 Å². The van der Waals surface area contributed by atoms with Crippen LogP contribution in [0.4, 0.5) is 0 Å². The van der Waals surface area contributed by atoms with Crippen LogP contribution in [0.2, 0.25) is 5.15 Å². The number of furan rings is 1. The number of amidine groups is 1. The van der Waals surface area contributed by atoms with Gasteiger partial charge in [-0.25, -0.2) is 4.98 Å². The summed E-state index contributed by atoms with van der Waals surface area (Å²) in [4.78, 5) is 21.2. The molecule has 2 aromatic rings. The molecule has 23 heavy (non-hydrogen) atoms. The summed E-state index contributed by atoms with van der Waals surface area (Å²) in [5.74, 6) is 0.367. The van der Waals surface area contributed by atoms with Gasteiger partial charge < -0.3 is 9.32 Å². The van der Waals surface area contributed by atoms with Crippen LogP contribution in [-0.2, 0) is 6.54 Å². The van der Waals surface area contributed by atoms with E-state index in [0.29, 0.717) is 36.2 Å². The minimum atomic E-state index is -0.426. The van der Waals surface area contributed by atoms with Crippen molar-refractivity contribution >= 4 is 23.5 Å². The molecule has 8 heteroatoms. The highest BCUT2D eigenvalue weighted by Gasteiger charge is 2.29. The van der Waals surface area contributed by atoms with Crippen molar-refractivity contribution in [3.05, 3.63) is 69.0 Å². The molecule has 0 radical (unpaired) electrons. The molecule has 3 rings (SSSR count).